The number of hydrogen-bond acceptors (Lipinski definition) is 4. The molecule has 0 saturated carbocycles. The fraction of sp³-hybridized carbons (Fsp3) is 0.440. The van der Waals surface area contributed by atoms with Gasteiger partial charge in [-0.05, 0) is 49.8 Å². The summed E-state index contributed by atoms with van der Waals surface area (Å²) in [5.74, 6) is -0.373. The van der Waals surface area contributed by atoms with Crippen molar-refractivity contribution >= 4 is 12.0 Å². The Kier molecular flexibility index (Phi) is 8.63. The summed E-state index contributed by atoms with van der Waals surface area (Å²) >= 11 is 0. The third kappa shape index (κ3) is 7.40. The number of carbonyl (C=O) groups is 2. The first kappa shape index (κ1) is 24.4. The van der Waals surface area contributed by atoms with Gasteiger partial charge in [-0.3, -0.25) is 10.2 Å². The summed E-state index contributed by atoms with van der Waals surface area (Å²) < 4.78 is 5.54. The van der Waals surface area contributed by atoms with Crippen LogP contribution in [0.3, 0.4) is 0 Å². The number of benzene rings is 2. The minimum absolute atomic E-state index is 0.00447. The number of aryl methyl sites for hydroxylation is 2. The zero-order valence-electron chi connectivity index (χ0n) is 19.1. The highest BCUT2D eigenvalue weighted by Gasteiger charge is 2.35. The zero-order chi connectivity index (χ0) is 23.0. The number of hydrogen-bond donors (Lipinski definition) is 2. The zero-order valence-corrected chi connectivity index (χ0v) is 19.1. The molecule has 2 rings (SSSR count). The largest absolute Gasteiger partial charge is 0.443 e. The van der Waals surface area contributed by atoms with Crippen LogP contribution in [0.4, 0.5) is 4.79 Å². The molecule has 6 heteroatoms. The van der Waals surface area contributed by atoms with Gasteiger partial charge in [0.2, 0.25) is 0 Å². The Morgan fingerprint density at radius 3 is 2.23 bits per heavy atom. The lowest BCUT2D eigenvalue weighted by Gasteiger charge is -2.39. The summed E-state index contributed by atoms with van der Waals surface area (Å²) in [5.41, 5.74) is 5.70. The summed E-state index contributed by atoms with van der Waals surface area (Å²) in [5, 5.41) is 10.6. The fourth-order valence-electron chi connectivity index (χ4n) is 3.55. The lowest BCUT2D eigenvalue weighted by Crippen LogP contribution is -2.56. The normalized spacial score (nSPS) is 12.2. The van der Waals surface area contributed by atoms with Crippen molar-refractivity contribution in [1.29, 1.82) is 0 Å². The van der Waals surface area contributed by atoms with E-state index in [2.05, 4.69) is 5.43 Å². The van der Waals surface area contributed by atoms with E-state index in [1.54, 1.807) is 12.1 Å². The van der Waals surface area contributed by atoms with E-state index in [0.717, 1.165) is 16.7 Å². The molecule has 168 valence electrons. The van der Waals surface area contributed by atoms with Gasteiger partial charge in [0.1, 0.15) is 6.61 Å². The van der Waals surface area contributed by atoms with E-state index >= 15 is 0 Å². The molecule has 0 unspecified atom stereocenters. The quantitative estimate of drug-likeness (QED) is 0.625. The molecule has 0 aliphatic heterocycles. The predicted molar refractivity (Wildman–Crippen MR) is 121 cm³/mol. The van der Waals surface area contributed by atoms with Gasteiger partial charge in [-0.1, -0.05) is 68.3 Å². The van der Waals surface area contributed by atoms with Gasteiger partial charge >= 0.3 is 6.09 Å². The van der Waals surface area contributed by atoms with Gasteiger partial charge in [0.25, 0.3) is 5.91 Å². The number of aliphatic hydroxyl groups is 1. The summed E-state index contributed by atoms with van der Waals surface area (Å²) in [6.07, 6.45) is 0.400. The number of aliphatic hydroxyl groups excluding tert-OH is 1. The molecule has 0 aliphatic carbocycles. The molecule has 2 N–H and O–H groups in total. The Hall–Kier alpha value is -2.86. The van der Waals surface area contributed by atoms with Crippen molar-refractivity contribution in [3.05, 3.63) is 70.8 Å². The van der Waals surface area contributed by atoms with Crippen LogP contribution >= 0.6 is 0 Å². The third-order valence-corrected chi connectivity index (χ3v) is 5.05. The number of ether oxygens (including phenoxy) is 1. The standard InChI is InChI=1S/C25H34N2O4/c1-18-14-19(2)16-21(15-18)23(29)26-27(22(12-9-13-28)25(3,4)5)24(30)31-17-20-10-7-6-8-11-20/h6-8,10-11,14-16,22,28H,9,12-13,17H2,1-5H3,(H,26,29)/t22-/m1/s1. The maximum Gasteiger partial charge on any atom is 0.429 e. The molecule has 2 amide bonds. The number of amides is 2. The van der Waals surface area contributed by atoms with Gasteiger partial charge in [0, 0.05) is 12.2 Å². The van der Waals surface area contributed by atoms with E-state index in [4.69, 9.17) is 4.74 Å². The number of nitrogens with zero attached hydrogens (tertiary/aromatic N) is 1. The summed E-state index contributed by atoms with van der Waals surface area (Å²) in [4.78, 5) is 26.1. The van der Waals surface area contributed by atoms with Crippen molar-refractivity contribution in [2.45, 2.75) is 60.1 Å². The summed E-state index contributed by atoms with van der Waals surface area (Å²) in [6.45, 7) is 9.95. The second kappa shape index (κ2) is 11.0. The van der Waals surface area contributed by atoms with E-state index < -0.39 is 6.09 Å². The predicted octanol–water partition coefficient (Wildman–Crippen LogP) is 4.77. The highest BCUT2D eigenvalue weighted by atomic mass is 16.6. The molecular formula is C25H34N2O4. The van der Waals surface area contributed by atoms with Crippen LogP contribution in [-0.2, 0) is 11.3 Å². The van der Waals surface area contributed by atoms with E-state index in [9.17, 15) is 14.7 Å². The molecule has 0 bridgehead atoms. The monoisotopic (exact) mass is 426 g/mol. The Morgan fingerprint density at radius 2 is 1.68 bits per heavy atom. The molecule has 0 aliphatic rings. The van der Waals surface area contributed by atoms with Crippen LogP contribution in [0.5, 0.6) is 0 Å². The van der Waals surface area contributed by atoms with Gasteiger partial charge in [0.15, 0.2) is 0 Å². The summed E-state index contributed by atoms with van der Waals surface area (Å²) in [7, 11) is 0. The van der Waals surface area contributed by atoms with Crippen molar-refractivity contribution in [3.63, 3.8) is 0 Å². The molecule has 0 radical (unpaired) electrons. The molecule has 31 heavy (non-hydrogen) atoms. The minimum atomic E-state index is -0.626. The Morgan fingerprint density at radius 1 is 1.06 bits per heavy atom. The van der Waals surface area contributed by atoms with Gasteiger partial charge < -0.3 is 9.84 Å². The average Bonchev–Trinajstić information content (AvgIpc) is 2.70. The Balaban J connectivity index is 2.28. The maximum absolute atomic E-state index is 13.1. The minimum Gasteiger partial charge on any atom is -0.443 e. The topological polar surface area (TPSA) is 78.9 Å². The number of carbonyl (C=O) groups excluding carboxylic acids is 2. The van der Waals surface area contributed by atoms with E-state index in [1.165, 1.54) is 5.01 Å². The third-order valence-electron chi connectivity index (χ3n) is 5.05. The second-order valence-electron chi connectivity index (χ2n) is 8.98. The molecule has 2 aromatic carbocycles. The number of hydrazine groups is 1. The average molecular weight is 427 g/mol. The van der Waals surface area contributed by atoms with Crippen molar-refractivity contribution < 1.29 is 19.4 Å². The molecule has 0 fully saturated rings. The Labute approximate surface area is 185 Å². The second-order valence-corrected chi connectivity index (χ2v) is 8.98. The highest BCUT2D eigenvalue weighted by molar-refractivity contribution is 5.95. The molecule has 0 spiro atoms. The van der Waals surface area contributed by atoms with Crippen LogP contribution in [0.2, 0.25) is 0 Å². The first-order valence-corrected chi connectivity index (χ1v) is 10.6. The smallest absolute Gasteiger partial charge is 0.429 e. The molecule has 0 aromatic heterocycles. The van der Waals surface area contributed by atoms with Crippen molar-refractivity contribution in [2.24, 2.45) is 5.41 Å². The van der Waals surface area contributed by atoms with Crippen molar-refractivity contribution in [3.8, 4) is 0 Å². The van der Waals surface area contributed by atoms with E-state index in [0.29, 0.717) is 18.4 Å². The molecule has 2 aromatic rings. The van der Waals surface area contributed by atoms with Gasteiger partial charge in [-0.25, -0.2) is 9.80 Å². The van der Waals surface area contributed by atoms with E-state index in [-0.39, 0.29) is 30.6 Å². The maximum atomic E-state index is 13.1. The molecule has 0 saturated heterocycles. The first-order chi connectivity index (χ1) is 14.6. The van der Waals surface area contributed by atoms with Crippen LogP contribution in [0.25, 0.3) is 0 Å². The molecule has 1 atom stereocenters. The van der Waals surface area contributed by atoms with Gasteiger partial charge in [-0.2, -0.15) is 0 Å². The van der Waals surface area contributed by atoms with E-state index in [1.807, 2.05) is 71.0 Å². The van der Waals surface area contributed by atoms with Crippen LogP contribution < -0.4 is 5.43 Å². The highest BCUT2D eigenvalue weighted by Crippen LogP contribution is 2.28. The summed E-state index contributed by atoms with van der Waals surface area (Å²) in [6, 6.07) is 14.6. The van der Waals surface area contributed by atoms with Crippen LogP contribution in [0.15, 0.2) is 48.5 Å². The fourth-order valence-corrected chi connectivity index (χ4v) is 3.55. The number of rotatable bonds is 7. The van der Waals surface area contributed by atoms with Gasteiger partial charge in [-0.15, -0.1) is 0 Å². The lowest BCUT2D eigenvalue weighted by molar-refractivity contribution is 0.0180. The number of nitrogens with one attached hydrogen (secondary N) is 1. The van der Waals surface area contributed by atoms with Crippen LogP contribution in [0.1, 0.15) is 60.7 Å². The molecule has 0 heterocycles. The SMILES string of the molecule is Cc1cc(C)cc(C(=O)NN(C(=O)OCc2ccccc2)[C@H](CCCO)C(C)(C)C)c1. The van der Waals surface area contributed by atoms with Crippen molar-refractivity contribution in [2.75, 3.05) is 6.61 Å². The Bertz CT molecular complexity index is 855. The molecular weight excluding hydrogens is 392 g/mol. The van der Waals surface area contributed by atoms with Crippen molar-refractivity contribution in [1.82, 2.24) is 10.4 Å². The lowest BCUT2D eigenvalue weighted by atomic mass is 9.83. The molecule has 6 nitrogen and oxygen atoms in total. The van der Waals surface area contributed by atoms with Gasteiger partial charge in [0.05, 0.1) is 6.04 Å². The van der Waals surface area contributed by atoms with Crippen LogP contribution in [0, 0.1) is 19.3 Å². The first-order valence-electron chi connectivity index (χ1n) is 10.6. The van der Waals surface area contributed by atoms with Crippen LogP contribution in [-0.4, -0.2) is 34.8 Å².